The zero-order valence-corrected chi connectivity index (χ0v) is 12.9. The lowest BCUT2D eigenvalue weighted by atomic mass is 10.1. The fraction of sp³-hybridized carbons (Fsp3) is 0.312. The highest BCUT2D eigenvalue weighted by Crippen LogP contribution is 2.31. The number of benzene rings is 1. The van der Waals surface area contributed by atoms with Crippen LogP contribution in [0.1, 0.15) is 18.9 Å². The molecular weight excluding hydrogens is 311 g/mol. The molecule has 3 N–H and O–H groups in total. The molecular formula is C16H17FN6O. The SMILES string of the molecule is Nc1ncc2nc(Nc3ccccc3F)n(C3CCOCC3)c2n1. The quantitative estimate of drug-likeness (QED) is 0.768. The van der Waals surface area contributed by atoms with Crippen LogP contribution in [-0.2, 0) is 4.74 Å². The maximum Gasteiger partial charge on any atom is 0.222 e. The largest absolute Gasteiger partial charge is 0.381 e. The van der Waals surface area contributed by atoms with E-state index >= 15 is 0 Å². The first-order valence-electron chi connectivity index (χ1n) is 7.82. The van der Waals surface area contributed by atoms with Crippen molar-refractivity contribution in [3.63, 3.8) is 0 Å². The minimum atomic E-state index is -0.339. The molecule has 0 spiro atoms. The topological polar surface area (TPSA) is 90.9 Å². The molecule has 8 heteroatoms. The molecule has 1 saturated heterocycles. The number of imidazole rings is 1. The normalized spacial score (nSPS) is 15.7. The molecule has 1 fully saturated rings. The number of hydrogen-bond donors (Lipinski definition) is 2. The van der Waals surface area contributed by atoms with E-state index < -0.39 is 0 Å². The minimum absolute atomic E-state index is 0.160. The summed E-state index contributed by atoms with van der Waals surface area (Å²) in [6.45, 7) is 1.34. The Labute approximate surface area is 137 Å². The molecule has 1 aromatic carbocycles. The predicted octanol–water partition coefficient (Wildman–Crippen LogP) is 2.64. The number of nitrogen functional groups attached to an aromatic ring is 1. The van der Waals surface area contributed by atoms with Crippen molar-refractivity contribution in [2.45, 2.75) is 18.9 Å². The Morgan fingerprint density at radius 1 is 1.21 bits per heavy atom. The zero-order chi connectivity index (χ0) is 16.5. The van der Waals surface area contributed by atoms with Gasteiger partial charge in [0.15, 0.2) is 5.65 Å². The third-order valence-corrected chi connectivity index (χ3v) is 4.13. The minimum Gasteiger partial charge on any atom is -0.381 e. The maximum atomic E-state index is 14.0. The average Bonchev–Trinajstić information content (AvgIpc) is 2.95. The Balaban J connectivity index is 1.82. The second-order valence-electron chi connectivity index (χ2n) is 5.69. The Kier molecular flexibility index (Phi) is 3.73. The van der Waals surface area contributed by atoms with Gasteiger partial charge in [0.25, 0.3) is 0 Å². The smallest absolute Gasteiger partial charge is 0.222 e. The molecule has 1 aliphatic rings. The lowest BCUT2D eigenvalue weighted by molar-refractivity contribution is 0.0710. The Bertz CT molecular complexity index is 874. The van der Waals surface area contributed by atoms with Crippen LogP contribution in [0, 0.1) is 5.82 Å². The van der Waals surface area contributed by atoms with Crippen molar-refractivity contribution in [1.82, 2.24) is 19.5 Å². The molecule has 3 aromatic rings. The van der Waals surface area contributed by atoms with E-state index in [0.29, 0.717) is 36.0 Å². The van der Waals surface area contributed by atoms with Crippen LogP contribution in [-0.4, -0.2) is 32.7 Å². The molecule has 0 radical (unpaired) electrons. The highest BCUT2D eigenvalue weighted by molar-refractivity contribution is 5.76. The Hall–Kier alpha value is -2.74. The third-order valence-electron chi connectivity index (χ3n) is 4.13. The van der Waals surface area contributed by atoms with E-state index in [1.807, 2.05) is 4.57 Å². The monoisotopic (exact) mass is 328 g/mol. The molecule has 0 atom stereocenters. The van der Waals surface area contributed by atoms with Gasteiger partial charge in [-0.1, -0.05) is 12.1 Å². The van der Waals surface area contributed by atoms with Crippen molar-refractivity contribution >= 4 is 28.7 Å². The number of aromatic nitrogens is 4. The number of nitrogens with zero attached hydrogens (tertiary/aromatic N) is 4. The summed E-state index contributed by atoms with van der Waals surface area (Å²) >= 11 is 0. The van der Waals surface area contributed by atoms with Crippen LogP contribution in [0.25, 0.3) is 11.2 Å². The van der Waals surface area contributed by atoms with E-state index in [2.05, 4.69) is 20.3 Å². The van der Waals surface area contributed by atoms with Gasteiger partial charge in [0.1, 0.15) is 11.3 Å². The van der Waals surface area contributed by atoms with Crippen molar-refractivity contribution in [2.24, 2.45) is 0 Å². The maximum absolute atomic E-state index is 14.0. The summed E-state index contributed by atoms with van der Waals surface area (Å²) in [7, 11) is 0. The molecule has 0 unspecified atom stereocenters. The van der Waals surface area contributed by atoms with E-state index in [0.717, 1.165) is 12.8 Å². The summed E-state index contributed by atoms with van der Waals surface area (Å²) in [6.07, 6.45) is 3.25. The second-order valence-corrected chi connectivity index (χ2v) is 5.69. The summed E-state index contributed by atoms with van der Waals surface area (Å²) in [5.41, 5.74) is 7.37. The van der Waals surface area contributed by atoms with Crippen molar-refractivity contribution in [1.29, 1.82) is 0 Å². The molecule has 3 heterocycles. The van der Waals surface area contributed by atoms with E-state index in [4.69, 9.17) is 10.5 Å². The molecule has 0 aliphatic carbocycles. The molecule has 24 heavy (non-hydrogen) atoms. The number of para-hydroxylation sites is 1. The van der Waals surface area contributed by atoms with Gasteiger partial charge >= 0.3 is 0 Å². The molecule has 1 aliphatic heterocycles. The van der Waals surface area contributed by atoms with Gasteiger partial charge in [0.05, 0.1) is 11.9 Å². The fourth-order valence-corrected chi connectivity index (χ4v) is 2.96. The molecule has 4 rings (SSSR count). The number of halogens is 1. The highest BCUT2D eigenvalue weighted by atomic mass is 19.1. The third kappa shape index (κ3) is 2.65. The van der Waals surface area contributed by atoms with Gasteiger partial charge in [-0.2, -0.15) is 4.98 Å². The number of fused-ring (bicyclic) bond motifs is 1. The number of anilines is 3. The number of nitrogens with one attached hydrogen (secondary N) is 1. The van der Waals surface area contributed by atoms with Crippen molar-refractivity contribution in [3.8, 4) is 0 Å². The standard InChI is InChI=1S/C16H17FN6O/c17-11-3-1-2-4-12(11)20-16-21-13-9-19-15(18)22-14(13)23(16)10-5-7-24-8-6-10/h1-4,9-10H,5-8H2,(H,20,21)(H2,18,19,22). The number of ether oxygens (including phenoxy) is 1. The van der Waals surface area contributed by atoms with Gasteiger partial charge in [-0.3, -0.25) is 4.57 Å². The highest BCUT2D eigenvalue weighted by Gasteiger charge is 2.23. The van der Waals surface area contributed by atoms with Crippen LogP contribution in [0.5, 0.6) is 0 Å². The van der Waals surface area contributed by atoms with Gasteiger partial charge in [0, 0.05) is 19.3 Å². The lowest BCUT2D eigenvalue weighted by Gasteiger charge is -2.25. The molecule has 0 amide bonds. The summed E-state index contributed by atoms with van der Waals surface area (Å²) < 4.78 is 21.4. The molecule has 2 aromatic heterocycles. The summed E-state index contributed by atoms with van der Waals surface area (Å²) in [5, 5.41) is 3.07. The fourth-order valence-electron chi connectivity index (χ4n) is 2.96. The molecule has 0 saturated carbocycles. The first-order valence-corrected chi connectivity index (χ1v) is 7.82. The second kappa shape index (κ2) is 6.04. The summed E-state index contributed by atoms with van der Waals surface area (Å²) in [4.78, 5) is 12.9. The number of nitrogens with two attached hydrogens (primary N) is 1. The van der Waals surface area contributed by atoms with Crippen LogP contribution >= 0.6 is 0 Å². The predicted molar refractivity (Wildman–Crippen MR) is 88.5 cm³/mol. The van der Waals surface area contributed by atoms with E-state index in [-0.39, 0.29) is 17.8 Å². The van der Waals surface area contributed by atoms with Crippen molar-refractivity contribution < 1.29 is 9.13 Å². The van der Waals surface area contributed by atoms with Crippen LogP contribution in [0.2, 0.25) is 0 Å². The first-order chi connectivity index (χ1) is 11.7. The van der Waals surface area contributed by atoms with Crippen LogP contribution < -0.4 is 11.1 Å². The van der Waals surface area contributed by atoms with Crippen LogP contribution in [0.15, 0.2) is 30.5 Å². The zero-order valence-electron chi connectivity index (χ0n) is 12.9. The number of hydrogen-bond acceptors (Lipinski definition) is 6. The van der Waals surface area contributed by atoms with E-state index in [1.54, 1.807) is 24.4 Å². The van der Waals surface area contributed by atoms with E-state index in [1.165, 1.54) is 6.07 Å². The first kappa shape index (κ1) is 14.8. The van der Waals surface area contributed by atoms with Crippen molar-refractivity contribution in [2.75, 3.05) is 24.3 Å². The summed E-state index contributed by atoms with van der Waals surface area (Å²) in [5.74, 6) is 0.378. The molecule has 7 nitrogen and oxygen atoms in total. The van der Waals surface area contributed by atoms with Gasteiger partial charge in [-0.25, -0.2) is 14.4 Å². The van der Waals surface area contributed by atoms with Gasteiger partial charge < -0.3 is 15.8 Å². The van der Waals surface area contributed by atoms with Gasteiger partial charge in [-0.05, 0) is 25.0 Å². The average molecular weight is 328 g/mol. The van der Waals surface area contributed by atoms with E-state index in [9.17, 15) is 4.39 Å². The Morgan fingerprint density at radius 2 is 2.00 bits per heavy atom. The molecule has 124 valence electrons. The Morgan fingerprint density at radius 3 is 2.79 bits per heavy atom. The van der Waals surface area contributed by atoms with Crippen LogP contribution in [0.3, 0.4) is 0 Å². The van der Waals surface area contributed by atoms with Crippen LogP contribution in [0.4, 0.5) is 22.0 Å². The lowest BCUT2D eigenvalue weighted by Crippen LogP contribution is -2.21. The summed E-state index contributed by atoms with van der Waals surface area (Å²) in [6, 6.07) is 6.65. The van der Waals surface area contributed by atoms with Gasteiger partial charge in [0.2, 0.25) is 11.9 Å². The van der Waals surface area contributed by atoms with Crippen molar-refractivity contribution in [3.05, 3.63) is 36.3 Å². The van der Waals surface area contributed by atoms with Gasteiger partial charge in [-0.15, -0.1) is 0 Å². The number of rotatable bonds is 3. The molecule has 0 bridgehead atoms.